The van der Waals surface area contributed by atoms with E-state index in [0.29, 0.717) is 5.75 Å². The zero-order chi connectivity index (χ0) is 15.3. The molecule has 0 radical (unpaired) electrons. The molecule has 0 aliphatic heterocycles. The van der Waals surface area contributed by atoms with Gasteiger partial charge in [-0.25, -0.2) is 9.18 Å². The van der Waals surface area contributed by atoms with Crippen LogP contribution in [0.1, 0.15) is 19.4 Å². The number of alkyl halides is 1. The number of hydrogen-bond donors (Lipinski definition) is 1. The van der Waals surface area contributed by atoms with E-state index < -0.39 is 17.7 Å². The van der Waals surface area contributed by atoms with Crippen LogP contribution in [0.4, 0.5) is 4.39 Å². The quantitative estimate of drug-likeness (QED) is 0.808. The number of carbonyl (C=O) groups excluding carboxylic acids is 1. The molecule has 0 aromatic heterocycles. The Labute approximate surface area is 117 Å². The van der Waals surface area contributed by atoms with Crippen LogP contribution in [0.5, 0.6) is 11.5 Å². The number of hydrogen-bond acceptors (Lipinski definition) is 5. The van der Waals surface area contributed by atoms with E-state index in [0.717, 1.165) is 0 Å². The van der Waals surface area contributed by atoms with E-state index in [-0.39, 0.29) is 17.9 Å². The van der Waals surface area contributed by atoms with Gasteiger partial charge in [0.15, 0.2) is 0 Å². The van der Waals surface area contributed by atoms with Gasteiger partial charge in [-0.15, -0.1) is 0 Å². The first kappa shape index (κ1) is 16.2. The van der Waals surface area contributed by atoms with Crippen LogP contribution < -0.4 is 9.47 Å². The Morgan fingerprint density at radius 1 is 1.40 bits per heavy atom. The fourth-order valence-electron chi connectivity index (χ4n) is 1.79. The Hall–Kier alpha value is -1.82. The maximum absolute atomic E-state index is 14.2. The molecule has 20 heavy (non-hydrogen) atoms. The number of aliphatic hydroxyl groups is 1. The van der Waals surface area contributed by atoms with Gasteiger partial charge in [0.05, 0.1) is 20.8 Å². The van der Waals surface area contributed by atoms with Crippen LogP contribution in [0.2, 0.25) is 0 Å². The summed E-state index contributed by atoms with van der Waals surface area (Å²) in [5.41, 5.74) is -1.98. The lowest BCUT2D eigenvalue weighted by atomic mass is 9.90. The van der Waals surface area contributed by atoms with E-state index in [4.69, 9.17) is 9.47 Å². The van der Waals surface area contributed by atoms with Gasteiger partial charge in [-0.3, -0.25) is 0 Å². The highest BCUT2D eigenvalue weighted by Gasteiger charge is 2.42. The molecule has 0 amide bonds. The summed E-state index contributed by atoms with van der Waals surface area (Å²) in [7, 11) is 2.83. The van der Waals surface area contributed by atoms with E-state index in [2.05, 4.69) is 4.74 Å². The second-order valence-electron chi connectivity index (χ2n) is 4.33. The molecule has 1 N–H and O–H groups in total. The van der Waals surface area contributed by atoms with Crippen LogP contribution in [0, 0.1) is 0 Å². The van der Waals surface area contributed by atoms with Gasteiger partial charge in [0.25, 0.3) is 0 Å². The molecule has 2 unspecified atom stereocenters. The highest BCUT2D eigenvalue weighted by molar-refractivity contribution is 5.76. The average Bonchev–Trinajstić information content (AvgIpc) is 2.45. The van der Waals surface area contributed by atoms with Gasteiger partial charge in [-0.05, 0) is 32.0 Å². The van der Waals surface area contributed by atoms with Crippen LogP contribution >= 0.6 is 0 Å². The van der Waals surface area contributed by atoms with Crippen LogP contribution in [-0.2, 0) is 15.1 Å². The molecule has 0 aliphatic carbocycles. The summed E-state index contributed by atoms with van der Waals surface area (Å²) in [4.78, 5) is 11.5. The molecule has 0 saturated heterocycles. The van der Waals surface area contributed by atoms with Gasteiger partial charge < -0.3 is 19.3 Å². The van der Waals surface area contributed by atoms with Gasteiger partial charge in [-0.2, -0.15) is 0 Å². The molecule has 1 aromatic rings. The molecule has 6 heteroatoms. The first-order chi connectivity index (χ1) is 9.38. The predicted molar refractivity (Wildman–Crippen MR) is 70.6 cm³/mol. The number of ether oxygens (including phenoxy) is 3. The Balaban J connectivity index is 3.21. The lowest BCUT2D eigenvalue weighted by Crippen LogP contribution is -2.40. The first-order valence-electron chi connectivity index (χ1n) is 6.14. The second-order valence-corrected chi connectivity index (χ2v) is 4.33. The Bertz CT molecular complexity index is 473. The van der Waals surface area contributed by atoms with Crippen LogP contribution in [-0.4, -0.2) is 38.1 Å². The fraction of sp³-hybridized carbons (Fsp3) is 0.500. The van der Waals surface area contributed by atoms with Crippen molar-refractivity contribution >= 4 is 5.97 Å². The van der Waals surface area contributed by atoms with Crippen molar-refractivity contribution in [2.24, 2.45) is 0 Å². The number of esters is 1. The summed E-state index contributed by atoms with van der Waals surface area (Å²) in [6, 6.07) is 4.56. The molecule has 0 spiro atoms. The smallest absolute Gasteiger partial charge is 0.344 e. The number of rotatable bonds is 6. The van der Waals surface area contributed by atoms with Crippen molar-refractivity contribution in [1.29, 1.82) is 0 Å². The Morgan fingerprint density at radius 2 is 2.05 bits per heavy atom. The minimum absolute atomic E-state index is 0.0323. The molecule has 1 rings (SSSR count). The predicted octanol–water partition coefficient (Wildman–Crippen LogP) is 1.81. The molecule has 0 saturated carbocycles. The highest BCUT2D eigenvalue weighted by Crippen LogP contribution is 2.36. The average molecular weight is 286 g/mol. The topological polar surface area (TPSA) is 65.0 Å². The normalized spacial score (nSPS) is 15.1. The van der Waals surface area contributed by atoms with Crippen LogP contribution in [0.3, 0.4) is 0 Å². The third kappa shape index (κ3) is 3.19. The van der Waals surface area contributed by atoms with E-state index in [1.165, 1.54) is 33.3 Å². The molecule has 0 fully saturated rings. The first-order valence-corrected chi connectivity index (χ1v) is 6.14. The van der Waals surface area contributed by atoms with Crippen molar-refractivity contribution in [2.45, 2.75) is 25.6 Å². The number of methoxy groups -OCH3 is 2. The molecule has 112 valence electrons. The molecule has 0 heterocycles. The number of benzene rings is 1. The maximum atomic E-state index is 14.2. The lowest BCUT2D eigenvalue weighted by Gasteiger charge is -2.28. The molecule has 0 aliphatic rings. The van der Waals surface area contributed by atoms with Crippen molar-refractivity contribution in [3.63, 3.8) is 0 Å². The molecular formula is C14H19FO5. The molecular weight excluding hydrogens is 267 g/mol. The highest BCUT2D eigenvalue weighted by atomic mass is 19.1. The minimum Gasteiger partial charge on any atom is -0.497 e. The van der Waals surface area contributed by atoms with E-state index >= 15 is 0 Å². The Morgan fingerprint density at radius 3 is 2.55 bits per heavy atom. The van der Waals surface area contributed by atoms with E-state index in [1.807, 2.05) is 0 Å². The van der Waals surface area contributed by atoms with Gasteiger partial charge in [0.2, 0.25) is 6.17 Å². The van der Waals surface area contributed by atoms with Crippen molar-refractivity contribution in [3.8, 4) is 11.5 Å². The van der Waals surface area contributed by atoms with E-state index in [9.17, 15) is 14.3 Å². The SMILES string of the molecule is CCOC(=O)C(F)C(C)(O)c1cc(OC)ccc1OC. The van der Waals surface area contributed by atoms with E-state index in [1.54, 1.807) is 13.0 Å². The molecule has 5 nitrogen and oxygen atoms in total. The van der Waals surface area contributed by atoms with Gasteiger partial charge in [0, 0.05) is 5.56 Å². The summed E-state index contributed by atoms with van der Waals surface area (Å²) >= 11 is 0. The van der Waals surface area contributed by atoms with Gasteiger partial charge in [0.1, 0.15) is 17.1 Å². The summed E-state index contributed by atoms with van der Waals surface area (Å²) < 4.78 is 28.9. The zero-order valence-electron chi connectivity index (χ0n) is 12.0. The summed E-state index contributed by atoms with van der Waals surface area (Å²) in [5, 5.41) is 10.4. The van der Waals surface area contributed by atoms with Crippen LogP contribution in [0.25, 0.3) is 0 Å². The zero-order valence-corrected chi connectivity index (χ0v) is 12.0. The van der Waals surface area contributed by atoms with Crippen molar-refractivity contribution < 1.29 is 28.5 Å². The summed E-state index contributed by atoms with van der Waals surface area (Å²) in [6.07, 6.45) is -2.23. The summed E-state index contributed by atoms with van der Waals surface area (Å²) in [5.74, 6) is -0.456. The monoisotopic (exact) mass is 286 g/mol. The van der Waals surface area contributed by atoms with Gasteiger partial charge >= 0.3 is 5.97 Å². The lowest BCUT2D eigenvalue weighted by molar-refractivity contribution is -0.160. The summed E-state index contributed by atoms with van der Waals surface area (Å²) in [6.45, 7) is 2.78. The largest absolute Gasteiger partial charge is 0.497 e. The standard InChI is InChI=1S/C14H19FO5/c1-5-20-13(16)12(15)14(2,17)10-8-9(18-3)6-7-11(10)19-4/h6-8,12,17H,5H2,1-4H3. The molecule has 1 aromatic carbocycles. The van der Waals surface area contributed by atoms with Crippen molar-refractivity contribution in [2.75, 3.05) is 20.8 Å². The fourth-order valence-corrected chi connectivity index (χ4v) is 1.79. The van der Waals surface area contributed by atoms with Crippen molar-refractivity contribution in [3.05, 3.63) is 23.8 Å². The van der Waals surface area contributed by atoms with Gasteiger partial charge in [-0.1, -0.05) is 0 Å². The Kier molecular flexibility index (Phi) is 5.33. The minimum atomic E-state index is -2.23. The molecule has 0 bridgehead atoms. The molecule has 2 atom stereocenters. The maximum Gasteiger partial charge on any atom is 0.344 e. The number of halogens is 1. The third-order valence-electron chi connectivity index (χ3n) is 2.94. The number of carbonyl (C=O) groups is 1. The third-order valence-corrected chi connectivity index (χ3v) is 2.94. The second kappa shape index (κ2) is 6.56. The van der Waals surface area contributed by atoms with Crippen molar-refractivity contribution in [1.82, 2.24) is 0 Å². The van der Waals surface area contributed by atoms with Crippen LogP contribution in [0.15, 0.2) is 18.2 Å².